The van der Waals surface area contributed by atoms with Gasteiger partial charge in [-0.3, -0.25) is 0 Å². The molecule has 6 heteroatoms. The normalized spacial score (nSPS) is 20.5. The highest BCUT2D eigenvalue weighted by Gasteiger charge is 2.43. The Morgan fingerprint density at radius 2 is 1.92 bits per heavy atom. The highest BCUT2D eigenvalue weighted by atomic mass is 35.5. The number of amides is 1. The van der Waals surface area contributed by atoms with E-state index >= 15 is 0 Å². The molecule has 2 aliphatic heterocycles. The van der Waals surface area contributed by atoms with Crippen LogP contribution in [-0.4, -0.2) is 47.8 Å². The van der Waals surface area contributed by atoms with Gasteiger partial charge in [-0.15, -0.1) is 0 Å². The third kappa shape index (κ3) is 3.94. The van der Waals surface area contributed by atoms with Crippen molar-refractivity contribution in [3.05, 3.63) is 23.5 Å². The third-order valence-corrected chi connectivity index (χ3v) is 5.20. The Hall–Kier alpha value is -1.49. The van der Waals surface area contributed by atoms with Crippen molar-refractivity contribution in [3.8, 4) is 0 Å². The van der Waals surface area contributed by atoms with Crippen molar-refractivity contribution in [2.24, 2.45) is 5.41 Å². The summed E-state index contributed by atoms with van der Waals surface area (Å²) in [6.45, 7) is 9.33. The number of rotatable bonds is 1. The van der Waals surface area contributed by atoms with E-state index in [1.807, 2.05) is 37.8 Å². The monoisotopic (exact) mass is 351 g/mol. The maximum atomic E-state index is 12.3. The Morgan fingerprint density at radius 3 is 2.54 bits per heavy atom. The summed E-state index contributed by atoms with van der Waals surface area (Å²) >= 11 is 6.00. The van der Waals surface area contributed by atoms with Gasteiger partial charge in [-0.25, -0.2) is 9.78 Å². The molecule has 1 aromatic rings. The van der Waals surface area contributed by atoms with Gasteiger partial charge in [0.2, 0.25) is 0 Å². The van der Waals surface area contributed by atoms with E-state index in [4.69, 9.17) is 16.3 Å². The highest BCUT2D eigenvalue weighted by Crippen LogP contribution is 2.41. The molecule has 0 aromatic carbocycles. The summed E-state index contributed by atoms with van der Waals surface area (Å²) in [5.41, 5.74) is 0.938. The molecule has 0 saturated carbocycles. The van der Waals surface area contributed by atoms with E-state index in [1.165, 1.54) is 0 Å². The summed E-state index contributed by atoms with van der Waals surface area (Å²) in [5.74, 6) is 0. The van der Waals surface area contributed by atoms with Gasteiger partial charge in [0.25, 0.3) is 0 Å². The minimum atomic E-state index is -0.434. The average molecular weight is 352 g/mol. The number of aromatic nitrogens is 1. The molecule has 0 atom stereocenters. The predicted octanol–water partition coefficient (Wildman–Crippen LogP) is 3.96. The number of halogens is 1. The van der Waals surface area contributed by atoms with Gasteiger partial charge in [0.05, 0.1) is 0 Å². The van der Waals surface area contributed by atoms with Gasteiger partial charge in [0.1, 0.15) is 10.8 Å². The van der Waals surface area contributed by atoms with E-state index < -0.39 is 5.60 Å². The number of likely N-dealkylation sites (tertiary alicyclic amines) is 1. The Bertz CT molecular complexity index is 607. The largest absolute Gasteiger partial charge is 0.444 e. The van der Waals surface area contributed by atoms with E-state index in [9.17, 15) is 4.79 Å². The van der Waals surface area contributed by atoms with E-state index in [1.54, 1.807) is 6.20 Å². The van der Waals surface area contributed by atoms with Gasteiger partial charge in [-0.1, -0.05) is 11.6 Å². The number of hydrogen-bond donors (Lipinski definition) is 0. The molecule has 0 bridgehead atoms. The fraction of sp³-hybridized carbons (Fsp3) is 0.667. The molecule has 2 aliphatic rings. The van der Waals surface area contributed by atoms with E-state index in [2.05, 4.69) is 9.88 Å². The second kappa shape index (κ2) is 6.43. The predicted molar refractivity (Wildman–Crippen MR) is 95.6 cm³/mol. The zero-order valence-electron chi connectivity index (χ0n) is 14.7. The molecule has 1 spiro atoms. The standard InChI is InChI=1S/C18H26ClN3O2/c1-17(2,3)24-16(23)22-11-7-18(13-22)5-9-21(10-6-18)14-4-8-20-15(19)12-14/h4,8,12H,5-7,9-11,13H2,1-3H3. The molecular formula is C18H26ClN3O2. The van der Waals surface area contributed by atoms with Gasteiger partial charge >= 0.3 is 6.09 Å². The van der Waals surface area contributed by atoms with Crippen LogP contribution in [0.15, 0.2) is 18.3 Å². The van der Waals surface area contributed by atoms with Gasteiger partial charge in [0.15, 0.2) is 0 Å². The molecule has 2 fully saturated rings. The number of piperidine rings is 1. The van der Waals surface area contributed by atoms with Crippen molar-refractivity contribution < 1.29 is 9.53 Å². The van der Waals surface area contributed by atoms with E-state index in [0.717, 1.165) is 51.1 Å². The fourth-order valence-corrected chi connectivity index (χ4v) is 3.82. The number of anilines is 1. The quantitative estimate of drug-likeness (QED) is 0.718. The minimum Gasteiger partial charge on any atom is -0.444 e. The first-order valence-corrected chi connectivity index (χ1v) is 8.99. The molecule has 1 aromatic heterocycles. The fourth-order valence-electron chi connectivity index (χ4n) is 3.65. The van der Waals surface area contributed by atoms with Crippen LogP contribution in [0.2, 0.25) is 5.15 Å². The lowest BCUT2D eigenvalue weighted by atomic mass is 9.77. The first kappa shape index (κ1) is 17.3. The van der Waals surface area contributed by atoms with Crippen LogP contribution in [0.4, 0.5) is 10.5 Å². The molecule has 0 N–H and O–H groups in total. The average Bonchev–Trinajstić information content (AvgIpc) is 2.90. The zero-order valence-corrected chi connectivity index (χ0v) is 15.5. The van der Waals surface area contributed by atoms with Gasteiger partial charge < -0.3 is 14.5 Å². The van der Waals surface area contributed by atoms with E-state index in [0.29, 0.717) is 5.15 Å². The minimum absolute atomic E-state index is 0.178. The smallest absolute Gasteiger partial charge is 0.410 e. The highest BCUT2D eigenvalue weighted by molar-refractivity contribution is 6.29. The molecule has 3 heterocycles. The maximum Gasteiger partial charge on any atom is 0.410 e. The van der Waals surface area contributed by atoms with Crippen molar-refractivity contribution >= 4 is 23.4 Å². The first-order valence-electron chi connectivity index (χ1n) is 8.61. The third-order valence-electron chi connectivity index (χ3n) is 4.99. The number of pyridine rings is 1. The summed E-state index contributed by atoms with van der Waals surface area (Å²) in [5, 5.41) is 0.532. The van der Waals surface area contributed by atoms with Crippen molar-refractivity contribution in [3.63, 3.8) is 0 Å². The number of hydrogen-bond acceptors (Lipinski definition) is 4. The first-order chi connectivity index (χ1) is 11.3. The lowest BCUT2D eigenvalue weighted by molar-refractivity contribution is 0.0266. The van der Waals surface area contributed by atoms with Crippen molar-refractivity contribution in [2.45, 2.75) is 45.6 Å². The molecule has 0 unspecified atom stereocenters. The molecule has 2 saturated heterocycles. The second-order valence-electron chi connectivity index (χ2n) is 7.98. The molecule has 5 nitrogen and oxygen atoms in total. The topological polar surface area (TPSA) is 45.7 Å². The molecule has 132 valence electrons. The van der Waals surface area contributed by atoms with Crippen LogP contribution in [0.3, 0.4) is 0 Å². The Kier molecular flexibility index (Phi) is 4.65. The number of nitrogens with zero attached hydrogens (tertiary/aromatic N) is 3. The molecule has 1 amide bonds. The second-order valence-corrected chi connectivity index (χ2v) is 8.36. The summed E-state index contributed by atoms with van der Waals surface area (Å²) in [7, 11) is 0. The maximum absolute atomic E-state index is 12.3. The molecule has 0 radical (unpaired) electrons. The van der Waals surface area contributed by atoms with E-state index in [-0.39, 0.29) is 11.5 Å². The lowest BCUT2D eigenvalue weighted by Crippen LogP contribution is -2.43. The Morgan fingerprint density at radius 1 is 1.25 bits per heavy atom. The van der Waals surface area contributed by atoms with Crippen LogP contribution >= 0.6 is 11.6 Å². The molecule has 3 rings (SSSR count). The Balaban J connectivity index is 1.57. The van der Waals surface area contributed by atoms with Crippen molar-refractivity contribution in [2.75, 3.05) is 31.1 Å². The zero-order chi connectivity index (χ0) is 17.4. The van der Waals surface area contributed by atoms with Crippen LogP contribution in [0, 0.1) is 5.41 Å². The van der Waals surface area contributed by atoms with Crippen LogP contribution in [0.5, 0.6) is 0 Å². The number of ether oxygens (including phenoxy) is 1. The number of carbonyl (C=O) groups is 1. The molecule has 24 heavy (non-hydrogen) atoms. The Labute approximate surface area is 148 Å². The summed E-state index contributed by atoms with van der Waals surface area (Å²) in [6.07, 6.45) is 4.82. The molecule has 0 aliphatic carbocycles. The van der Waals surface area contributed by atoms with Crippen LogP contribution in [0.25, 0.3) is 0 Å². The van der Waals surface area contributed by atoms with Crippen molar-refractivity contribution in [1.82, 2.24) is 9.88 Å². The number of carbonyl (C=O) groups excluding carboxylic acids is 1. The summed E-state index contributed by atoms with van der Waals surface area (Å²) in [6, 6.07) is 3.92. The van der Waals surface area contributed by atoms with Crippen LogP contribution < -0.4 is 4.90 Å². The van der Waals surface area contributed by atoms with Crippen LogP contribution in [0.1, 0.15) is 40.0 Å². The summed E-state index contributed by atoms with van der Waals surface area (Å²) in [4.78, 5) is 20.6. The molecular weight excluding hydrogens is 326 g/mol. The SMILES string of the molecule is CC(C)(C)OC(=O)N1CCC2(CCN(c3ccnc(Cl)c3)CC2)C1. The lowest BCUT2D eigenvalue weighted by Gasteiger charge is -2.40. The van der Waals surface area contributed by atoms with Gasteiger partial charge in [-0.05, 0) is 57.6 Å². The summed E-state index contributed by atoms with van der Waals surface area (Å²) < 4.78 is 5.51. The van der Waals surface area contributed by atoms with Gasteiger partial charge in [-0.2, -0.15) is 0 Å². The van der Waals surface area contributed by atoms with Crippen molar-refractivity contribution in [1.29, 1.82) is 0 Å². The van der Waals surface area contributed by atoms with Gasteiger partial charge in [0, 0.05) is 38.1 Å². The van der Waals surface area contributed by atoms with Crippen LogP contribution in [-0.2, 0) is 4.74 Å².